The van der Waals surface area contributed by atoms with Gasteiger partial charge in [0.15, 0.2) is 0 Å². The van der Waals surface area contributed by atoms with Gasteiger partial charge in [0.25, 0.3) is 0 Å². The van der Waals surface area contributed by atoms with Crippen LogP contribution in [-0.4, -0.2) is 40.8 Å². The zero-order valence-corrected chi connectivity index (χ0v) is 14.2. The number of ether oxygens (including phenoxy) is 1. The molecule has 2 N–H and O–H groups in total. The van der Waals surface area contributed by atoms with Gasteiger partial charge >= 0.3 is 0 Å². The van der Waals surface area contributed by atoms with Crippen LogP contribution >= 0.6 is 39.1 Å². The SMILES string of the molecule is O=S(=O)(NCC1CNCCO1)c1c(Cl)cc(Br)cc1Cl. The summed E-state index contributed by atoms with van der Waals surface area (Å²) < 4.78 is 33.0. The number of hydrogen-bond donors (Lipinski definition) is 2. The molecular weight excluding hydrogens is 391 g/mol. The molecule has 5 nitrogen and oxygen atoms in total. The van der Waals surface area contributed by atoms with Gasteiger partial charge in [0.1, 0.15) is 4.90 Å². The van der Waals surface area contributed by atoms with Crippen LogP contribution in [0.4, 0.5) is 0 Å². The second kappa shape index (κ2) is 6.91. The largest absolute Gasteiger partial charge is 0.374 e. The van der Waals surface area contributed by atoms with Crippen molar-refractivity contribution in [3.8, 4) is 0 Å². The number of rotatable bonds is 4. The molecule has 0 aliphatic carbocycles. The van der Waals surface area contributed by atoms with E-state index in [4.69, 9.17) is 27.9 Å². The molecule has 1 aromatic carbocycles. The average Bonchev–Trinajstić information content (AvgIpc) is 2.36. The van der Waals surface area contributed by atoms with Crippen molar-refractivity contribution in [1.82, 2.24) is 10.0 Å². The van der Waals surface area contributed by atoms with Gasteiger partial charge in [0, 0.05) is 24.1 Å². The molecular formula is C11H13BrCl2N2O3S. The number of morpholine rings is 1. The van der Waals surface area contributed by atoms with Gasteiger partial charge in [0.2, 0.25) is 10.0 Å². The van der Waals surface area contributed by atoms with E-state index in [1.807, 2.05) is 0 Å². The third-order valence-electron chi connectivity index (χ3n) is 2.74. The van der Waals surface area contributed by atoms with Gasteiger partial charge < -0.3 is 10.1 Å². The summed E-state index contributed by atoms with van der Waals surface area (Å²) in [6.07, 6.45) is -0.202. The maximum absolute atomic E-state index is 12.3. The second-order valence-corrected chi connectivity index (χ2v) is 7.68. The molecule has 0 aromatic heterocycles. The van der Waals surface area contributed by atoms with Crippen molar-refractivity contribution in [3.63, 3.8) is 0 Å². The minimum Gasteiger partial charge on any atom is -0.374 e. The third kappa shape index (κ3) is 4.07. The Morgan fingerprint density at radius 1 is 1.40 bits per heavy atom. The lowest BCUT2D eigenvalue weighted by Crippen LogP contribution is -2.45. The van der Waals surface area contributed by atoms with Crippen LogP contribution in [0.3, 0.4) is 0 Å². The first-order chi connectivity index (χ1) is 9.40. The van der Waals surface area contributed by atoms with Gasteiger partial charge in [-0.1, -0.05) is 39.1 Å². The highest BCUT2D eigenvalue weighted by atomic mass is 79.9. The summed E-state index contributed by atoms with van der Waals surface area (Å²) in [7, 11) is -3.78. The fraction of sp³-hybridized carbons (Fsp3) is 0.455. The van der Waals surface area contributed by atoms with Crippen molar-refractivity contribution >= 4 is 49.2 Å². The second-order valence-electron chi connectivity index (χ2n) is 4.25. The predicted octanol–water partition coefficient (Wildman–Crippen LogP) is 2.02. The standard InChI is InChI=1S/C11H13BrCl2N2O3S/c12-7-3-9(13)11(10(14)4-7)20(17,18)16-6-8-5-15-1-2-19-8/h3-4,8,15-16H,1-2,5-6H2. The van der Waals surface area contributed by atoms with Gasteiger partial charge in [-0.05, 0) is 12.1 Å². The molecule has 1 fully saturated rings. The fourth-order valence-corrected chi connectivity index (χ4v) is 4.81. The van der Waals surface area contributed by atoms with Crippen LogP contribution in [0, 0.1) is 0 Å². The number of nitrogens with one attached hydrogen (secondary N) is 2. The average molecular weight is 404 g/mol. The van der Waals surface area contributed by atoms with E-state index in [0.717, 1.165) is 6.54 Å². The minimum atomic E-state index is -3.78. The lowest BCUT2D eigenvalue weighted by Gasteiger charge is -2.23. The zero-order valence-electron chi connectivity index (χ0n) is 10.3. The first kappa shape index (κ1) is 16.5. The Morgan fingerprint density at radius 3 is 2.60 bits per heavy atom. The summed E-state index contributed by atoms with van der Waals surface area (Å²) in [5.41, 5.74) is 0. The molecule has 1 unspecified atom stereocenters. The minimum absolute atomic E-state index is 0.0690. The molecule has 1 aliphatic heterocycles. The van der Waals surface area contributed by atoms with Crippen LogP contribution in [0.2, 0.25) is 10.0 Å². The van der Waals surface area contributed by atoms with E-state index >= 15 is 0 Å². The quantitative estimate of drug-likeness (QED) is 0.806. The van der Waals surface area contributed by atoms with E-state index in [1.54, 1.807) is 0 Å². The molecule has 2 rings (SSSR count). The molecule has 0 saturated carbocycles. The topological polar surface area (TPSA) is 67.4 Å². The maximum Gasteiger partial charge on any atom is 0.243 e. The smallest absolute Gasteiger partial charge is 0.243 e. The van der Waals surface area contributed by atoms with Gasteiger partial charge in [-0.25, -0.2) is 13.1 Å². The van der Waals surface area contributed by atoms with Gasteiger partial charge in [-0.15, -0.1) is 0 Å². The Balaban J connectivity index is 2.14. The summed E-state index contributed by atoms with van der Waals surface area (Å²) in [5, 5.41) is 3.26. The number of benzene rings is 1. The fourth-order valence-electron chi connectivity index (χ4n) is 1.81. The van der Waals surface area contributed by atoms with Crippen molar-refractivity contribution in [2.45, 2.75) is 11.0 Å². The highest BCUT2D eigenvalue weighted by Crippen LogP contribution is 2.32. The van der Waals surface area contributed by atoms with E-state index in [-0.39, 0.29) is 27.6 Å². The summed E-state index contributed by atoms with van der Waals surface area (Å²) in [4.78, 5) is -0.118. The van der Waals surface area contributed by atoms with Gasteiger partial charge in [0.05, 0.1) is 22.8 Å². The third-order valence-corrected chi connectivity index (χ3v) is 5.54. The molecule has 0 amide bonds. The first-order valence-corrected chi connectivity index (χ1v) is 8.90. The molecule has 0 bridgehead atoms. The van der Waals surface area contributed by atoms with Crippen LogP contribution in [0.5, 0.6) is 0 Å². The number of sulfonamides is 1. The van der Waals surface area contributed by atoms with E-state index < -0.39 is 10.0 Å². The maximum atomic E-state index is 12.3. The van der Waals surface area contributed by atoms with Crippen molar-refractivity contribution in [2.75, 3.05) is 26.2 Å². The molecule has 1 atom stereocenters. The Labute approximate surface area is 136 Å². The van der Waals surface area contributed by atoms with Crippen LogP contribution < -0.4 is 10.0 Å². The van der Waals surface area contributed by atoms with E-state index in [9.17, 15) is 8.42 Å². The Bertz CT molecular complexity index is 568. The summed E-state index contributed by atoms with van der Waals surface area (Å²) >= 11 is 15.1. The summed E-state index contributed by atoms with van der Waals surface area (Å²) in [6.45, 7) is 2.10. The number of halogens is 3. The monoisotopic (exact) mass is 402 g/mol. The Hall–Kier alpha value is 0.110. The van der Waals surface area contributed by atoms with Crippen LogP contribution in [0.1, 0.15) is 0 Å². The van der Waals surface area contributed by atoms with Gasteiger partial charge in [-0.3, -0.25) is 0 Å². The van der Waals surface area contributed by atoms with Crippen molar-refractivity contribution in [1.29, 1.82) is 0 Å². The summed E-state index contributed by atoms with van der Waals surface area (Å²) in [6, 6.07) is 2.97. The molecule has 20 heavy (non-hydrogen) atoms. The highest BCUT2D eigenvalue weighted by molar-refractivity contribution is 9.10. The molecule has 9 heteroatoms. The normalized spacial score (nSPS) is 20.1. The van der Waals surface area contributed by atoms with Crippen molar-refractivity contribution in [2.24, 2.45) is 0 Å². The van der Waals surface area contributed by atoms with E-state index in [1.165, 1.54) is 12.1 Å². The Morgan fingerprint density at radius 2 is 2.05 bits per heavy atom. The lowest BCUT2D eigenvalue weighted by molar-refractivity contribution is 0.0324. The molecule has 1 saturated heterocycles. The predicted molar refractivity (Wildman–Crippen MR) is 82.0 cm³/mol. The molecule has 1 aromatic rings. The van der Waals surface area contributed by atoms with Crippen molar-refractivity contribution < 1.29 is 13.2 Å². The molecule has 0 radical (unpaired) electrons. The molecule has 0 spiro atoms. The molecule has 1 heterocycles. The summed E-state index contributed by atoms with van der Waals surface area (Å²) in [5.74, 6) is 0. The first-order valence-electron chi connectivity index (χ1n) is 5.86. The molecule has 112 valence electrons. The van der Waals surface area contributed by atoms with E-state index in [2.05, 4.69) is 26.0 Å². The number of hydrogen-bond acceptors (Lipinski definition) is 4. The van der Waals surface area contributed by atoms with Crippen molar-refractivity contribution in [3.05, 3.63) is 26.7 Å². The van der Waals surface area contributed by atoms with E-state index in [0.29, 0.717) is 17.6 Å². The lowest BCUT2D eigenvalue weighted by atomic mass is 10.3. The van der Waals surface area contributed by atoms with Crippen LogP contribution in [0.15, 0.2) is 21.5 Å². The van der Waals surface area contributed by atoms with Crippen LogP contribution in [0.25, 0.3) is 0 Å². The van der Waals surface area contributed by atoms with Gasteiger partial charge in [-0.2, -0.15) is 0 Å². The molecule has 1 aliphatic rings. The highest BCUT2D eigenvalue weighted by Gasteiger charge is 2.24. The van der Waals surface area contributed by atoms with Crippen LogP contribution in [-0.2, 0) is 14.8 Å². The Kier molecular flexibility index (Phi) is 5.70. The zero-order chi connectivity index (χ0) is 14.8.